The molecule has 2 N–H and O–H groups in total. The van der Waals surface area contributed by atoms with Crippen molar-refractivity contribution < 1.29 is 9.90 Å². The lowest BCUT2D eigenvalue weighted by atomic mass is 10.2. The van der Waals surface area contributed by atoms with Gasteiger partial charge in [0.1, 0.15) is 0 Å². The third-order valence-corrected chi connectivity index (χ3v) is 4.30. The molecule has 1 fully saturated rings. The molecule has 0 bridgehead atoms. The van der Waals surface area contributed by atoms with E-state index in [9.17, 15) is 4.79 Å². The molecule has 19 heavy (non-hydrogen) atoms. The third-order valence-electron chi connectivity index (χ3n) is 3.65. The zero-order valence-corrected chi connectivity index (χ0v) is 12.6. The summed E-state index contributed by atoms with van der Waals surface area (Å²) in [6, 6.07) is 5.86. The molecule has 0 aliphatic carbocycles. The smallest absolute Gasteiger partial charge is 0.336 e. The van der Waals surface area contributed by atoms with Crippen molar-refractivity contribution in [1.82, 2.24) is 4.90 Å². The Morgan fingerprint density at radius 1 is 1.58 bits per heavy atom. The number of hydrogen-bond donors (Lipinski definition) is 2. The Kier molecular flexibility index (Phi) is 4.82. The number of nitrogens with one attached hydrogen (secondary N) is 1. The number of rotatable bonds is 5. The number of hydrogen-bond acceptors (Lipinski definition) is 3. The Morgan fingerprint density at radius 2 is 2.37 bits per heavy atom. The van der Waals surface area contributed by atoms with Crippen LogP contribution < -0.4 is 5.32 Å². The second kappa shape index (κ2) is 6.39. The highest BCUT2D eigenvalue weighted by atomic mass is 79.9. The van der Waals surface area contributed by atoms with Crippen molar-refractivity contribution in [2.75, 3.05) is 25.0 Å². The minimum absolute atomic E-state index is 0.293. The SMILES string of the molecule is CCN1CCCC1CNc1ccc(C(=O)O)c(Br)c1. The van der Waals surface area contributed by atoms with E-state index in [-0.39, 0.29) is 0 Å². The number of carboxylic acids is 1. The van der Waals surface area contributed by atoms with E-state index in [0.29, 0.717) is 16.1 Å². The first-order valence-corrected chi connectivity index (χ1v) is 7.42. The molecule has 1 heterocycles. The van der Waals surface area contributed by atoms with Crippen LogP contribution in [0.25, 0.3) is 0 Å². The summed E-state index contributed by atoms with van der Waals surface area (Å²) in [5.41, 5.74) is 1.25. The Hall–Kier alpha value is -1.07. The molecule has 2 rings (SSSR count). The number of likely N-dealkylation sites (tertiary alicyclic amines) is 1. The maximum atomic E-state index is 10.9. The van der Waals surface area contributed by atoms with Crippen LogP contribution in [-0.4, -0.2) is 41.7 Å². The second-order valence-electron chi connectivity index (χ2n) is 4.81. The van der Waals surface area contributed by atoms with Crippen molar-refractivity contribution in [3.8, 4) is 0 Å². The van der Waals surface area contributed by atoms with Gasteiger partial charge in [0.2, 0.25) is 0 Å². The summed E-state index contributed by atoms with van der Waals surface area (Å²) in [5, 5.41) is 12.4. The van der Waals surface area contributed by atoms with Crippen molar-refractivity contribution >= 4 is 27.6 Å². The Bertz CT molecular complexity index is 465. The number of likely N-dealkylation sites (N-methyl/N-ethyl adjacent to an activating group) is 1. The van der Waals surface area contributed by atoms with E-state index in [1.807, 2.05) is 12.1 Å². The molecule has 0 saturated carbocycles. The maximum Gasteiger partial charge on any atom is 0.336 e. The van der Waals surface area contributed by atoms with Gasteiger partial charge in [-0.15, -0.1) is 0 Å². The Balaban J connectivity index is 1.96. The quantitative estimate of drug-likeness (QED) is 0.873. The van der Waals surface area contributed by atoms with Crippen LogP contribution in [-0.2, 0) is 0 Å². The van der Waals surface area contributed by atoms with E-state index in [1.54, 1.807) is 6.07 Å². The van der Waals surface area contributed by atoms with Gasteiger partial charge in [0.25, 0.3) is 0 Å². The third kappa shape index (κ3) is 3.48. The van der Waals surface area contributed by atoms with Crippen LogP contribution in [0.4, 0.5) is 5.69 Å². The molecule has 1 saturated heterocycles. The van der Waals surface area contributed by atoms with Crippen molar-refractivity contribution in [2.45, 2.75) is 25.8 Å². The number of aromatic carboxylic acids is 1. The minimum Gasteiger partial charge on any atom is -0.478 e. The van der Waals surface area contributed by atoms with Gasteiger partial charge in [-0.25, -0.2) is 4.79 Å². The predicted molar refractivity (Wildman–Crippen MR) is 79.9 cm³/mol. The van der Waals surface area contributed by atoms with E-state index >= 15 is 0 Å². The molecule has 1 aromatic carbocycles. The van der Waals surface area contributed by atoms with Crippen LogP contribution in [0.15, 0.2) is 22.7 Å². The molecular formula is C14H19BrN2O2. The molecular weight excluding hydrogens is 308 g/mol. The van der Waals surface area contributed by atoms with E-state index < -0.39 is 5.97 Å². The van der Waals surface area contributed by atoms with Crippen LogP contribution in [0, 0.1) is 0 Å². The van der Waals surface area contributed by atoms with Gasteiger partial charge in [-0.1, -0.05) is 6.92 Å². The molecule has 1 atom stereocenters. The monoisotopic (exact) mass is 326 g/mol. The number of carbonyl (C=O) groups is 1. The number of benzene rings is 1. The second-order valence-corrected chi connectivity index (χ2v) is 5.66. The molecule has 0 aromatic heterocycles. The minimum atomic E-state index is -0.911. The molecule has 1 aromatic rings. The van der Waals surface area contributed by atoms with Gasteiger partial charge in [-0.2, -0.15) is 0 Å². The van der Waals surface area contributed by atoms with Crippen molar-refractivity contribution in [1.29, 1.82) is 0 Å². The first kappa shape index (κ1) is 14.3. The standard InChI is InChI=1S/C14H19BrN2O2/c1-2-17-7-3-4-11(17)9-16-10-5-6-12(14(18)19)13(15)8-10/h5-6,8,11,16H,2-4,7,9H2,1H3,(H,18,19). The molecule has 0 amide bonds. The van der Waals surface area contributed by atoms with Gasteiger partial charge in [0, 0.05) is 22.7 Å². The normalized spacial score (nSPS) is 19.6. The topological polar surface area (TPSA) is 52.6 Å². The average molecular weight is 327 g/mol. The summed E-state index contributed by atoms with van der Waals surface area (Å²) in [4.78, 5) is 13.4. The number of anilines is 1. The van der Waals surface area contributed by atoms with Crippen molar-refractivity contribution in [3.05, 3.63) is 28.2 Å². The van der Waals surface area contributed by atoms with E-state index in [4.69, 9.17) is 5.11 Å². The van der Waals surface area contributed by atoms with Crippen molar-refractivity contribution in [2.24, 2.45) is 0 Å². The van der Waals surface area contributed by atoms with Crippen LogP contribution >= 0.6 is 15.9 Å². The van der Waals surface area contributed by atoms with Gasteiger partial charge < -0.3 is 10.4 Å². The zero-order valence-electron chi connectivity index (χ0n) is 11.0. The lowest BCUT2D eigenvalue weighted by Crippen LogP contribution is -2.34. The summed E-state index contributed by atoms with van der Waals surface area (Å²) in [5.74, 6) is -0.911. The number of halogens is 1. The summed E-state index contributed by atoms with van der Waals surface area (Å²) in [6.07, 6.45) is 2.50. The summed E-state index contributed by atoms with van der Waals surface area (Å²) < 4.78 is 0.615. The summed E-state index contributed by atoms with van der Waals surface area (Å²) in [7, 11) is 0. The molecule has 1 unspecified atom stereocenters. The molecule has 4 nitrogen and oxygen atoms in total. The fraction of sp³-hybridized carbons (Fsp3) is 0.500. The van der Waals surface area contributed by atoms with E-state index in [0.717, 1.165) is 18.8 Å². The van der Waals surface area contributed by atoms with Crippen LogP contribution in [0.1, 0.15) is 30.1 Å². The largest absolute Gasteiger partial charge is 0.478 e. The van der Waals surface area contributed by atoms with Crippen LogP contribution in [0.3, 0.4) is 0 Å². The van der Waals surface area contributed by atoms with Gasteiger partial charge in [-0.3, -0.25) is 4.90 Å². The lowest BCUT2D eigenvalue weighted by Gasteiger charge is -2.23. The van der Waals surface area contributed by atoms with Gasteiger partial charge >= 0.3 is 5.97 Å². The zero-order chi connectivity index (χ0) is 13.8. The number of carboxylic acid groups (broad SMARTS) is 1. The molecule has 1 aliphatic heterocycles. The fourth-order valence-electron chi connectivity index (χ4n) is 2.58. The van der Waals surface area contributed by atoms with Gasteiger partial charge in [0.15, 0.2) is 0 Å². The lowest BCUT2D eigenvalue weighted by molar-refractivity contribution is 0.0696. The molecule has 104 valence electrons. The predicted octanol–water partition coefficient (Wildman–Crippen LogP) is 3.04. The first-order valence-electron chi connectivity index (χ1n) is 6.62. The van der Waals surface area contributed by atoms with Gasteiger partial charge in [-0.05, 0) is 60.1 Å². The highest BCUT2D eigenvalue weighted by molar-refractivity contribution is 9.10. The molecule has 5 heteroatoms. The first-order chi connectivity index (χ1) is 9.11. The molecule has 1 aliphatic rings. The highest BCUT2D eigenvalue weighted by Gasteiger charge is 2.22. The summed E-state index contributed by atoms with van der Waals surface area (Å²) >= 11 is 3.30. The number of nitrogens with zero attached hydrogens (tertiary/aromatic N) is 1. The van der Waals surface area contributed by atoms with Crippen LogP contribution in [0.5, 0.6) is 0 Å². The van der Waals surface area contributed by atoms with Gasteiger partial charge in [0.05, 0.1) is 5.56 Å². The Morgan fingerprint density at radius 3 is 3.00 bits per heavy atom. The average Bonchev–Trinajstić information content (AvgIpc) is 2.83. The van der Waals surface area contributed by atoms with Crippen molar-refractivity contribution in [3.63, 3.8) is 0 Å². The highest BCUT2D eigenvalue weighted by Crippen LogP contribution is 2.23. The molecule has 0 spiro atoms. The Labute approximate surface area is 121 Å². The fourth-order valence-corrected chi connectivity index (χ4v) is 3.13. The van der Waals surface area contributed by atoms with E-state index in [2.05, 4.69) is 33.1 Å². The van der Waals surface area contributed by atoms with Crippen LogP contribution in [0.2, 0.25) is 0 Å². The van der Waals surface area contributed by atoms with E-state index in [1.165, 1.54) is 19.4 Å². The summed E-state index contributed by atoms with van der Waals surface area (Å²) in [6.45, 7) is 5.38. The maximum absolute atomic E-state index is 10.9. The molecule has 0 radical (unpaired) electrons.